The van der Waals surface area contributed by atoms with Crippen LogP contribution in [-0.4, -0.2) is 28.0 Å². The van der Waals surface area contributed by atoms with E-state index in [1.165, 1.54) is 18.2 Å². The predicted octanol–water partition coefficient (Wildman–Crippen LogP) is 5.72. The number of hydrogen-bond donors (Lipinski definition) is 0. The molecule has 0 aromatic heterocycles. The fraction of sp³-hybridized carbons (Fsp3) is 0.174. The Labute approximate surface area is 188 Å². The molecule has 1 heterocycles. The lowest BCUT2D eigenvalue weighted by atomic mass is 10.1. The van der Waals surface area contributed by atoms with Crippen molar-refractivity contribution in [3.63, 3.8) is 0 Å². The highest BCUT2D eigenvalue weighted by atomic mass is 35.5. The standard InChI is InChI=1S/C23H19ClN2O4S/c24-21-14-18(26(28)29)8-11-20(21)22(27)25-12-13-31-23(25)17-6-9-19(10-7-17)30-15-16-4-2-1-3-5-16/h1-11,14,23H,12-13,15H2. The van der Waals surface area contributed by atoms with Crippen molar-refractivity contribution in [2.75, 3.05) is 12.3 Å². The molecule has 0 N–H and O–H groups in total. The first-order valence-corrected chi connectivity index (χ1v) is 11.1. The van der Waals surface area contributed by atoms with Crippen molar-refractivity contribution in [1.82, 2.24) is 4.90 Å². The lowest BCUT2D eigenvalue weighted by Gasteiger charge is -2.24. The summed E-state index contributed by atoms with van der Waals surface area (Å²) in [5.74, 6) is 1.32. The van der Waals surface area contributed by atoms with Gasteiger partial charge < -0.3 is 9.64 Å². The normalized spacial score (nSPS) is 15.6. The number of halogens is 1. The number of nitro benzene ring substituents is 1. The zero-order valence-corrected chi connectivity index (χ0v) is 18.0. The van der Waals surface area contributed by atoms with E-state index in [4.69, 9.17) is 16.3 Å². The maximum Gasteiger partial charge on any atom is 0.270 e. The minimum Gasteiger partial charge on any atom is -0.489 e. The number of ether oxygens (including phenoxy) is 1. The smallest absolute Gasteiger partial charge is 0.270 e. The van der Waals surface area contributed by atoms with Gasteiger partial charge in [-0.1, -0.05) is 54.1 Å². The Balaban J connectivity index is 1.46. The number of non-ortho nitro benzene ring substituents is 1. The fourth-order valence-electron chi connectivity index (χ4n) is 3.37. The minimum atomic E-state index is -0.532. The number of nitro groups is 1. The Morgan fingerprint density at radius 2 is 1.87 bits per heavy atom. The molecule has 1 saturated heterocycles. The number of benzene rings is 3. The van der Waals surface area contributed by atoms with Gasteiger partial charge in [-0.3, -0.25) is 14.9 Å². The molecule has 3 aromatic carbocycles. The van der Waals surface area contributed by atoms with Crippen molar-refractivity contribution in [2.24, 2.45) is 0 Å². The van der Waals surface area contributed by atoms with Crippen LogP contribution in [0.2, 0.25) is 5.02 Å². The van der Waals surface area contributed by atoms with Crippen LogP contribution >= 0.6 is 23.4 Å². The summed E-state index contributed by atoms with van der Waals surface area (Å²) in [7, 11) is 0. The molecule has 0 saturated carbocycles. The van der Waals surface area contributed by atoms with Gasteiger partial charge in [-0.2, -0.15) is 0 Å². The molecule has 0 aliphatic carbocycles. The molecule has 6 nitrogen and oxygen atoms in total. The maximum atomic E-state index is 13.1. The molecular formula is C23H19ClN2O4S. The molecule has 1 aliphatic heterocycles. The van der Waals surface area contributed by atoms with E-state index < -0.39 is 4.92 Å². The van der Waals surface area contributed by atoms with E-state index in [0.717, 1.165) is 22.6 Å². The van der Waals surface area contributed by atoms with Gasteiger partial charge in [0, 0.05) is 24.4 Å². The van der Waals surface area contributed by atoms with Crippen molar-refractivity contribution < 1.29 is 14.5 Å². The predicted molar refractivity (Wildman–Crippen MR) is 122 cm³/mol. The van der Waals surface area contributed by atoms with Crippen LogP contribution in [0.15, 0.2) is 72.8 Å². The maximum absolute atomic E-state index is 13.1. The third-order valence-electron chi connectivity index (χ3n) is 4.96. The number of rotatable bonds is 6. The van der Waals surface area contributed by atoms with Gasteiger partial charge in [0.25, 0.3) is 11.6 Å². The molecule has 1 fully saturated rings. The second-order valence-electron chi connectivity index (χ2n) is 6.99. The molecule has 0 bridgehead atoms. The Bertz CT molecular complexity index is 1090. The minimum absolute atomic E-state index is 0.0829. The van der Waals surface area contributed by atoms with Crippen molar-refractivity contribution in [3.05, 3.63) is 105 Å². The van der Waals surface area contributed by atoms with Crippen LogP contribution in [-0.2, 0) is 6.61 Å². The number of thioether (sulfide) groups is 1. The summed E-state index contributed by atoms with van der Waals surface area (Å²) >= 11 is 7.84. The van der Waals surface area contributed by atoms with E-state index in [1.807, 2.05) is 54.6 Å². The molecule has 8 heteroatoms. The Morgan fingerprint density at radius 1 is 1.13 bits per heavy atom. The molecule has 31 heavy (non-hydrogen) atoms. The second kappa shape index (κ2) is 9.41. The van der Waals surface area contributed by atoms with Gasteiger partial charge in [0.2, 0.25) is 0 Å². The lowest BCUT2D eigenvalue weighted by molar-refractivity contribution is -0.384. The summed E-state index contributed by atoms with van der Waals surface area (Å²) in [5.41, 5.74) is 2.21. The Morgan fingerprint density at radius 3 is 2.55 bits per heavy atom. The van der Waals surface area contributed by atoms with E-state index in [9.17, 15) is 14.9 Å². The summed E-state index contributed by atoms with van der Waals surface area (Å²) < 4.78 is 5.84. The van der Waals surface area contributed by atoms with Gasteiger partial charge in [0.1, 0.15) is 17.7 Å². The fourth-order valence-corrected chi connectivity index (χ4v) is 4.88. The van der Waals surface area contributed by atoms with Gasteiger partial charge in [0.15, 0.2) is 0 Å². The topological polar surface area (TPSA) is 72.7 Å². The van der Waals surface area contributed by atoms with Crippen LogP contribution in [0.4, 0.5) is 5.69 Å². The van der Waals surface area contributed by atoms with Gasteiger partial charge in [-0.05, 0) is 29.3 Å². The third-order valence-corrected chi connectivity index (χ3v) is 6.53. The van der Waals surface area contributed by atoms with E-state index in [2.05, 4.69) is 0 Å². The SMILES string of the molecule is O=C(c1ccc([N+](=O)[O-])cc1Cl)N1CCSC1c1ccc(OCc2ccccc2)cc1. The Hall–Kier alpha value is -3.03. The molecular weight excluding hydrogens is 436 g/mol. The van der Waals surface area contributed by atoms with Crippen LogP contribution in [0.3, 0.4) is 0 Å². The van der Waals surface area contributed by atoms with E-state index >= 15 is 0 Å². The first-order chi connectivity index (χ1) is 15.0. The second-order valence-corrected chi connectivity index (χ2v) is 8.58. The monoisotopic (exact) mass is 454 g/mol. The van der Waals surface area contributed by atoms with Crippen LogP contribution in [0.1, 0.15) is 26.9 Å². The number of amides is 1. The van der Waals surface area contributed by atoms with Crippen molar-refractivity contribution >= 4 is 35.0 Å². The molecule has 3 aromatic rings. The highest BCUT2D eigenvalue weighted by Crippen LogP contribution is 2.40. The number of carbonyl (C=O) groups is 1. The highest BCUT2D eigenvalue weighted by molar-refractivity contribution is 7.99. The van der Waals surface area contributed by atoms with Crippen molar-refractivity contribution in [1.29, 1.82) is 0 Å². The zero-order valence-electron chi connectivity index (χ0n) is 16.4. The van der Waals surface area contributed by atoms with Crippen LogP contribution in [0.25, 0.3) is 0 Å². The molecule has 4 rings (SSSR count). The van der Waals surface area contributed by atoms with Crippen LogP contribution < -0.4 is 4.74 Å². The van der Waals surface area contributed by atoms with Crippen LogP contribution in [0.5, 0.6) is 5.75 Å². The highest BCUT2D eigenvalue weighted by Gasteiger charge is 2.32. The molecule has 158 valence electrons. The van der Waals surface area contributed by atoms with Gasteiger partial charge in [-0.25, -0.2) is 0 Å². The average molecular weight is 455 g/mol. The zero-order chi connectivity index (χ0) is 21.8. The lowest BCUT2D eigenvalue weighted by Crippen LogP contribution is -2.30. The van der Waals surface area contributed by atoms with E-state index in [0.29, 0.717) is 13.2 Å². The summed E-state index contributed by atoms with van der Waals surface area (Å²) in [5, 5.41) is 10.9. The number of nitrogens with zero attached hydrogens (tertiary/aromatic N) is 2. The van der Waals surface area contributed by atoms with E-state index in [1.54, 1.807) is 16.7 Å². The number of carbonyl (C=O) groups excluding carboxylic acids is 1. The number of hydrogen-bond acceptors (Lipinski definition) is 5. The molecule has 1 aliphatic rings. The summed E-state index contributed by atoms with van der Waals surface area (Å²) in [6, 6.07) is 21.6. The molecule has 1 amide bonds. The van der Waals surface area contributed by atoms with Crippen LogP contribution in [0, 0.1) is 10.1 Å². The van der Waals surface area contributed by atoms with Gasteiger partial charge >= 0.3 is 0 Å². The Kier molecular flexibility index (Phi) is 6.44. The van der Waals surface area contributed by atoms with Crippen molar-refractivity contribution in [2.45, 2.75) is 12.0 Å². The first kappa shape index (κ1) is 21.2. The summed E-state index contributed by atoms with van der Waals surface area (Å²) in [4.78, 5) is 25.2. The molecule has 0 spiro atoms. The third kappa shape index (κ3) is 4.84. The quantitative estimate of drug-likeness (QED) is 0.352. The average Bonchev–Trinajstić information content (AvgIpc) is 3.28. The molecule has 1 atom stereocenters. The summed E-state index contributed by atoms with van der Waals surface area (Å²) in [6.07, 6.45) is 0. The van der Waals surface area contributed by atoms with E-state index in [-0.39, 0.29) is 27.6 Å². The van der Waals surface area contributed by atoms with Crippen molar-refractivity contribution in [3.8, 4) is 5.75 Å². The first-order valence-electron chi connectivity index (χ1n) is 9.66. The summed E-state index contributed by atoms with van der Waals surface area (Å²) in [6.45, 7) is 1.06. The van der Waals surface area contributed by atoms with Gasteiger partial charge in [0.05, 0.1) is 15.5 Å². The molecule has 1 unspecified atom stereocenters. The molecule has 0 radical (unpaired) electrons. The largest absolute Gasteiger partial charge is 0.489 e. The van der Waals surface area contributed by atoms with Gasteiger partial charge in [-0.15, -0.1) is 11.8 Å².